The molecule has 1 fully saturated rings. The average molecular weight is 368 g/mol. The second-order valence-electron chi connectivity index (χ2n) is 7.55. The van der Waals surface area contributed by atoms with Gasteiger partial charge in [-0.05, 0) is 50.6 Å². The predicted octanol–water partition coefficient (Wildman–Crippen LogP) is 5.33. The predicted molar refractivity (Wildman–Crippen MR) is 107 cm³/mol. The highest BCUT2D eigenvalue weighted by Crippen LogP contribution is 2.36. The Morgan fingerprint density at radius 1 is 1.12 bits per heavy atom. The van der Waals surface area contributed by atoms with Crippen molar-refractivity contribution in [3.8, 4) is 11.1 Å². The molecule has 0 unspecified atom stereocenters. The van der Waals surface area contributed by atoms with Gasteiger partial charge in [0.05, 0.1) is 5.69 Å². The number of piperidine rings is 1. The highest BCUT2D eigenvalue weighted by atomic mass is 35.5. The third-order valence-corrected chi connectivity index (χ3v) is 6.02. The molecule has 0 bridgehead atoms. The molecule has 26 heavy (non-hydrogen) atoms. The first-order chi connectivity index (χ1) is 12.8. The average Bonchev–Trinajstić information content (AvgIpc) is 2.69. The molecule has 1 aliphatic carbocycles. The van der Waals surface area contributed by atoms with Gasteiger partial charge in [-0.15, -0.1) is 0 Å². The molecule has 4 rings (SSSR count). The van der Waals surface area contributed by atoms with E-state index in [1.54, 1.807) is 6.33 Å². The van der Waals surface area contributed by atoms with Gasteiger partial charge in [0.15, 0.2) is 0 Å². The normalized spacial score (nSPS) is 23.9. The largest absolute Gasteiger partial charge is 0.302 e. The third-order valence-electron chi connectivity index (χ3n) is 5.69. The Labute approximate surface area is 161 Å². The van der Waals surface area contributed by atoms with Gasteiger partial charge in [-0.25, -0.2) is 9.97 Å². The van der Waals surface area contributed by atoms with E-state index in [0.717, 1.165) is 34.3 Å². The minimum atomic E-state index is 0.456. The minimum absolute atomic E-state index is 0.456. The van der Waals surface area contributed by atoms with E-state index in [1.165, 1.54) is 45.2 Å². The molecular weight excluding hydrogens is 342 g/mol. The van der Waals surface area contributed by atoms with Crippen LogP contribution in [0.4, 0.5) is 0 Å². The van der Waals surface area contributed by atoms with Crippen LogP contribution in [-0.4, -0.2) is 34.5 Å². The Bertz CT molecular complexity index is 773. The first kappa shape index (κ1) is 17.7. The summed E-state index contributed by atoms with van der Waals surface area (Å²) in [5, 5.41) is 0.769. The van der Waals surface area contributed by atoms with Crippen molar-refractivity contribution in [1.29, 1.82) is 0 Å². The van der Waals surface area contributed by atoms with Crippen molar-refractivity contribution in [3.05, 3.63) is 59.7 Å². The lowest BCUT2D eigenvalue weighted by molar-refractivity contribution is 0.173. The van der Waals surface area contributed by atoms with Gasteiger partial charge in [-0.2, -0.15) is 0 Å². The summed E-state index contributed by atoms with van der Waals surface area (Å²) in [6, 6.07) is 8.01. The standard InChI is InChI=1S/C22H26ClN3/c23-21-11-5-4-10-19(21)20-13-24-16-25-22(20)18-9-6-12-26(15-18)14-17-7-2-1-3-8-17/h1-2,4-5,10-11,13,16-18H,3,6-9,12,14-15H2/t17-,18-/m0/s1. The van der Waals surface area contributed by atoms with Gasteiger partial charge >= 0.3 is 0 Å². The number of halogens is 1. The van der Waals surface area contributed by atoms with Crippen molar-refractivity contribution in [1.82, 2.24) is 14.9 Å². The number of allylic oxidation sites excluding steroid dienone is 2. The number of hydrogen-bond donors (Lipinski definition) is 0. The lowest BCUT2D eigenvalue weighted by atomic mass is 9.88. The van der Waals surface area contributed by atoms with Gasteiger partial charge in [0, 0.05) is 41.4 Å². The number of aromatic nitrogens is 2. The zero-order chi connectivity index (χ0) is 17.8. The van der Waals surface area contributed by atoms with Crippen LogP contribution in [0.15, 0.2) is 48.9 Å². The fraction of sp³-hybridized carbons (Fsp3) is 0.455. The van der Waals surface area contributed by atoms with E-state index < -0.39 is 0 Å². The summed E-state index contributed by atoms with van der Waals surface area (Å²) >= 11 is 6.45. The Hall–Kier alpha value is -1.71. The van der Waals surface area contributed by atoms with E-state index in [1.807, 2.05) is 24.4 Å². The second-order valence-corrected chi connectivity index (χ2v) is 7.96. The van der Waals surface area contributed by atoms with Crippen LogP contribution >= 0.6 is 11.6 Å². The summed E-state index contributed by atoms with van der Waals surface area (Å²) in [4.78, 5) is 11.6. The molecule has 0 N–H and O–H groups in total. The maximum Gasteiger partial charge on any atom is 0.115 e. The number of benzene rings is 1. The summed E-state index contributed by atoms with van der Waals surface area (Å²) in [5.41, 5.74) is 3.28. The van der Waals surface area contributed by atoms with E-state index in [-0.39, 0.29) is 0 Å². The first-order valence-corrected chi connectivity index (χ1v) is 10.1. The summed E-state index contributed by atoms with van der Waals surface area (Å²) in [5.74, 6) is 1.27. The summed E-state index contributed by atoms with van der Waals surface area (Å²) < 4.78 is 0. The topological polar surface area (TPSA) is 29.0 Å². The van der Waals surface area contributed by atoms with Crippen molar-refractivity contribution in [2.45, 2.75) is 38.0 Å². The molecule has 1 saturated heterocycles. The summed E-state index contributed by atoms with van der Waals surface area (Å²) in [7, 11) is 0. The number of rotatable bonds is 4. The van der Waals surface area contributed by atoms with Gasteiger partial charge in [-0.1, -0.05) is 42.0 Å². The summed E-state index contributed by atoms with van der Waals surface area (Å²) in [6.07, 6.45) is 14.5. The molecule has 3 nitrogen and oxygen atoms in total. The van der Waals surface area contributed by atoms with E-state index in [0.29, 0.717) is 5.92 Å². The molecule has 0 radical (unpaired) electrons. The zero-order valence-electron chi connectivity index (χ0n) is 15.1. The van der Waals surface area contributed by atoms with Gasteiger partial charge in [0.2, 0.25) is 0 Å². The van der Waals surface area contributed by atoms with Crippen LogP contribution in [0.1, 0.15) is 43.7 Å². The maximum atomic E-state index is 6.45. The number of likely N-dealkylation sites (tertiary alicyclic amines) is 1. The van der Waals surface area contributed by atoms with Gasteiger partial charge in [0.1, 0.15) is 6.33 Å². The van der Waals surface area contributed by atoms with E-state index in [2.05, 4.69) is 28.1 Å². The molecule has 2 aliphatic rings. The smallest absolute Gasteiger partial charge is 0.115 e. The number of nitrogens with zero attached hydrogens (tertiary/aromatic N) is 3. The van der Waals surface area contributed by atoms with Crippen molar-refractivity contribution in [3.63, 3.8) is 0 Å². The monoisotopic (exact) mass is 367 g/mol. The van der Waals surface area contributed by atoms with Crippen LogP contribution in [0, 0.1) is 5.92 Å². The molecule has 2 aromatic rings. The molecule has 2 atom stereocenters. The maximum absolute atomic E-state index is 6.45. The Morgan fingerprint density at radius 2 is 2.04 bits per heavy atom. The summed E-state index contributed by atoms with van der Waals surface area (Å²) in [6.45, 7) is 3.52. The SMILES string of the molecule is Clc1ccccc1-c1cncnc1[C@H]1CCCN(C[C@H]2CC=CCC2)C1. The molecular formula is C22H26ClN3. The third kappa shape index (κ3) is 3.99. The van der Waals surface area contributed by atoms with Crippen LogP contribution in [0.5, 0.6) is 0 Å². The van der Waals surface area contributed by atoms with E-state index in [9.17, 15) is 0 Å². The molecule has 0 amide bonds. The van der Waals surface area contributed by atoms with Crippen molar-refractivity contribution in [2.24, 2.45) is 5.92 Å². The van der Waals surface area contributed by atoms with Crippen molar-refractivity contribution in [2.75, 3.05) is 19.6 Å². The quantitative estimate of drug-likeness (QED) is 0.683. The van der Waals surface area contributed by atoms with Crippen LogP contribution < -0.4 is 0 Å². The van der Waals surface area contributed by atoms with Gasteiger partial charge in [0.25, 0.3) is 0 Å². The Morgan fingerprint density at radius 3 is 2.88 bits per heavy atom. The van der Waals surface area contributed by atoms with Crippen LogP contribution in [0.2, 0.25) is 5.02 Å². The lowest BCUT2D eigenvalue weighted by Crippen LogP contribution is -2.38. The van der Waals surface area contributed by atoms with Crippen LogP contribution in [0.3, 0.4) is 0 Å². The number of hydrogen-bond acceptors (Lipinski definition) is 3. The molecule has 1 aliphatic heterocycles. The van der Waals surface area contributed by atoms with E-state index >= 15 is 0 Å². The highest BCUT2D eigenvalue weighted by Gasteiger charge is 2.26. The fourth-order valence-electron chi connectivity index (χ4n) is 4.38. The molecule has 136 valence electrons. The Balaban J connectivity index is 1.54. The zero-order valence-corrected chi connectivity index (χ0v) is 15.9. The molecule has 1 aromatic heterocycles. The molecule has 1 aromatic carbocycles. The minimum Gasteiger partial charge on any atom is -0.302 e. The molecule has 0 saturated carbocycles. The first-order valence-electron chi connectivity index (χ1n) is 9.73. The van der Waals surface area contributed by atoms with Gasteiger partial charge in [-0.3, -0.25) is 0 Å². The van der Waals surface area contributed by atoms with Crippen LogP contribution in [0.25, 0.3) is 11.1 Å². The highest BCUT2D eigenvalue weighted by molar-refractivity contribution is 6.33. The van der Waals surface area contributed by atoms with Crippen LogP contribution in [-0.2, 0) is 0 Å². The fourth-order valence-corrected chi connectivity index (χ4v) is 4.62. The van der Waals surface area contributed by atoms with Gasteiger partial charge < -0.3 is 4.90 Å². The lowest BCUT2D eigenvalue weighted by Gasteiger charge is -2.35. The van der Waals surface area contributed by atoms with Crippen molar-refractivity contribution < 1.29 is 0 Å². The van der Waals surface area contributed by atoms with Crippen molar-refractivity contribution >= 4 is 11.6 Å². The second kappa shape index (κ2) is 8.32. The van der Waals surface area contributed by atoms with E-state index in [4.69, 9.17) is 16.6 Å². The molecule has 2 heterocycles. The Kier molecular flexibility index (Phi) is 5.66. The molecule has 0 spiro atoms. The molecule has 4 heteroatoms.